The van der Waals surface area contributed by atoms with E-state index in [1.54, 1.807) is 43.3 Å². The summed E-state index contributed by atoms with van der Waals surface area (Å²) in [7, 11) is -4.21. The third-order valence-electron chi connectivity index (χ3n) is 7.25. The van der Waals surface area contributed by atoms with Gasteiger partial charge < -0.3 is 10.2 Å². The molecule has 0 bridgehead atoms. The first-order valence-corrected chi connectivity index (χ1v) is 17.3. The van der Waals surface area contributed by atoms with Crippen molar-refractivity contribution in [3.05, 3.63) is 129 Å². The summed E-state index contributed by atoms with van der Waals surface area (Å²) in [5.74, 6) is -0.653. The largest absolute Gasteiger partial charge is 0.354 e. The molecular formula is C35H37BrClN3O4S. The molecule has 45 heavy (non-hydrogen) atoms. The molecule has 0 fully saturated rings. The second-order valence-electron chi connectivity index (χ2n) is 11.3. The maximum atomic E-state index is 14.6. The highest BCUT2D eigenvalue weighted by Gasteiger charge is 2.35. The van der Waals surface area contributed by atoms with E-state index >= 15 is 0 Å². The number of amides is 2. The zero-order valence-electron chi connectivity index (χ0n) is 25.5. The lowest BCUT2D eigenvalue weighted by molar-refractivity contribution is -0.140. The maximum Gasteiger partial charge on any atom is 0.264 e. The number of hydrogen-bond donors (Lipinski definition) is 1. The van der Waals surface area contributed by atoms with Gasteiger partial charge in [0.2, 0.25) is 11.8 Å². The van der Waals surface area contributed by atoms with Crippen molar-refractivity contribution in [1.29, 1.82) is 0 Å². The van der Waals surface area contributed by atoms with Crippen LogP contribution < -0.4 is 9.62 Å². The molecule has 1 N–H and O–H groups in total. The summed E-state index contributed by atoms with van der Waals surface area (Å²) in [6.45, 7) is 5.72. The molecule has 0 radical (unpaired) electrons. The van der Waals surface area contributed by atoms with Gasteiger partial charge in [-0.25, -0.2) is 8.42 Å². The molecule has 0 saturated heterocycles. The SMILES string of the molecule is Cc1ccc(Cl)cc1N(CC(=O)N(Cc1cccc(Br)c1)[C@@H](Cc1ccccc1)C(=O)NCC(C)C)S(=O)(=O)c1ccccc1. The Bertz CT molecular complexity index is 1720. The van der Waals surface area contributed by atoms with Crippen LogP contribution in [-0.4, -0.2) is 44.3 Å². The molecule has 0 aliphatic carbocycles. The molecule has 0 aliphatic rings. The van der Waals surface area contributed by atoms with Crippen LogP contribution in [0.15, 0.2) is 112 Å². The number of nitrogens with zero attached hydrogens (tertiary/aromatic N) is 2. The summed E-state index contributed by atoms with van der Waals surface area (Å²) >= 11 is 9.85. The molecule has 4 aromatic carbocycles. The highest BCUT2D eigenvalue weighted by atomic mass is 79.9. The van der Waals surface area contributed by atoms with E-state index in [9.17, 15) is 18.0 Å². The number of carbonyl (C=O) groups excluding carboxylic acids is 2. The first kappa shape index (κ1) is 34.2. The highest BCUT2D eigenvalue weighted by molar-refractivity contribution is 9.10. The van der Waals surface area contributed by atoms with Crippen molar-refractivity contribution in [3.8, 4) is 0 Å². The minimum atomic E-state index is -4.21. The Morgan fingerprint density at radius 2 is 1.51 bits per heavy atom. The van der Waals surface area contributed by atoms with Crippen LogP contribution in [0.1, 0.15) is 30.5 Å². The van der Waals surface area contributed by atoms with Crippen molar-refractivity contribution < 1.29 is 18.0 Å². The zero-order valence-corrected chi connectivity index (χ0v) is 28.6. The summed E-state index contributed by atoms with van der Waals surface area (Å²) < 4.78 is 30.2. The van der Waals surface area contributed by atoms with Crippen LogP contribution in [0.5, 0.6) is 0 Å². The summed E-state index contributed by atoms with van der Waals surface area (Å²) in [6.07, 6.45) is 0.242. The average molecular weight is 711 g/mol. The predicted octanol–water partition coefficient (Wildman–Crippen LogP) is 7.02. The Morgan fingerprint density at radius 1 is 0.867 bits per heavy atom. The standard InChI is InChI=1S/C35H37BrClN3O4S/c1-25(2)22-38-35(42)33(20-27-11-6-4-7-12-27)39(23-28-13-10-14-29(36)19-28)34(41)24-40(32-21-30(37)18-17-26(32)3)45(43,44)31-15-8-5-9-16-31/h4-19,21,25,33H,20,22-24H2,1-3H3,(H,38,42)/t33-/m0/s1. The highest BCUT2D eigenvalue weighted by Crippen LogP contribution is 2.30. The summed E-state index contributed by atoms with van der Waals surface area (Å²) in [5, 5.41) is 3.33. The van der Waals surface area contributed by atoms with E-state index in [1.165, 1.54) is 17.0 Å². The number of halogens is 2. The number of carbonyl (C=O) groups is 2. The first-order valence-electron chi connectivity index (χ1n) is 14.6. The predicted molar refractivity (Wildman–Crippen MR) is 184 cm³/mol. The summed E-state index contributed by atoms with van der Waals surface area (Å²) in [5.41, 5.74) is 2.56. The van der Waals surface area contributed by atoms with E-state index in [2.05, 4.69) is 21.2 Å². The normalized spacial score (nSPS) is 12.0. The van der Waals surface area contributed by atoms with E-state index in [4.69, 9.17) is 11.6 Å². The van der Waals surface area contributed by atoms with Crippen molar-refractivity contribution >= 4 is 55.1 Å². The van der Waals surface area contributed by atoms with Crippen molar-refractivity contribution in [2.24, 2.45) is 5.92 Å². The smallest absolute Gasteiger partial charge is 0.264 e. The van der Waals surface area contributed by atoms with Gasteiger partial charge in [-0.3, -0.25) is 13.9 Å². The number of sulfonamides is 1. The molecule has 1 atom stereocenters. The number of anilines is 1. The van der Waals surface area contributed by atoms with E-state index in [0.717, 1.165) is 19.9 Å². The Labute approximate surface area is 279 Å². The van der Waals surface area contributed by atoms with Crippen LogP contribution in [0, 0.1) is 12.8 Å². The van der Waals surface area contributed by atoms with Gasteiger partial charge in [-0.05, 0) is 65.9 Å². The van der Waals surface area contributed by atoms with Crippen LogP contribution in [0.2, 0.25) is 5.02 Å². The fourth-order valence-electron chi connectivity index (χ4n) is 4.89. The molecule has 0 unspecified atom stereocenters. The van der Waals surface area contributed by atoms with Crippen molar-refractivity contribution in [1.82, 2.24) is 10.2 Å². The van der Waals surface area contributed by atoms with Gasteiger partial charge >= 0.3 is 0 Å². The number of hydrogen-bond acceptors (Lipinski definition) is 4. The second kappa shape index (κ2) is 15.6. The Morgan fingerprint density at radius 3 is 2.16 bits per heavy atom. The van der Waals surface area contributed by atoms with Gasteiger partial charge in [0.05, 0.1) is 10.6 Å². The lowest BCUT2D eigenvalue weighted by Crippen LogP contribution is -2.53. The van der Waals surface area contributed by atoms with Gasteiger partial charge in [-0.15, -0.1) is 0 Å². The van der Waals surface area contributed by atoms with E-state index < -0.39 is 28.5 Å². The molecule has 4 aromatic rings. The monoisotopic (exact) mass is 709 g/mol. The van der Waals surface area contributed by atoms with Crippen molar-refractivity contribution in [2.45, 2.75) is 44.7 Å². The van der Waals surface area contributed by atoms with E-state index in [1.807, 2.05) is 68.4 Å². The second-order valence-corrected chi connectivity index (χ2v) is 14.5. The Hall–Kier alpha value is -3.66. The van der Waals surface area contributed by atoms with E-state index in [0.29, 0.717) is 17.1 Å². The average Bonchev–Trinajstić information content (AvgIpc) is 3.02. The third-order valence-corrected chi connectivity index (χ3v) is 9.75. The Kier molecular flexibility index (Phi) is 11.8. The zero-order chi connectivity index (χ0) is 32.6. The quantitative estimate of drug-likeness (QED) is 0.162. The fourth-order valence-corrected chi connectivity index (χ4v) is 7.00. The summed E-state index contributed by atoms with van der Waals surface area (Å²) in [6, 6.07) is 28.9. The minimum absolute atomic E-state index is 0.0335. The summed E-state index contributed by atoms with van der Waals surface area (Å²) in [4.78, 5) is 29.9. The van der Waals surface area contributed by atoms with Crippen LogP contribution in [0.25, 0.3) is 0 Å². The first-order chi connectivity index (χ1) is 21.5. The number of rotatable bonds is 13. The number of aryl methyl sites for hydroxylation is 1. The van der Waals surface area contributed by atoms with Crippen molar-refractivity contribution in [3.63, 3.8) is 0 Å². The van der Waals surface area contributed by atoms with Crippen LogP contribution >= 0.6 is 27.5 Å². The molecule has 10 heteroatoms. The number of benzene rings is 4. The van der Waals surface area contributed by atoms with Gasteiger partial charge in [-0.1, -0.05) is 108 Å². The molecular weight excluding hydrogens is 674 g/mol. The van der Waals surface area contributed by atoms with Gasteiger partial charge in [0, 0.05) is 29.0 Å². The van der Waals surface area contributed by atoms with Crippen LogP contribution in [-0.2, 0) is 32.6 Å². The lowest BCUT2D eigenvalue weighted by atomic mass is 10.0. The van der Waals surface area contributed by atoms with Gasteiger partial charge in [0.25, 0.3) is 10.0 Å². The third kappa shape index (κ3) is 9.19. The van der Waals surface area contributed by atoms with Crippen molar-refractivity contribution in [2.75, 3.05) is 17.4 Å². The molecule has 0 aromatic heterocycles. The molecule has 0 spiro atoms. The van der Waals surface area contributed by atoms with E-state index in [-0.39, 0.29) is 35.4 Å². The lowest BCUT2D eigenvalue weighted by Gasteiger charge is -2.34. The number of nitrogens with one attached hydrogen (secondary N) is 1. The molecule has 0 heterocycles. The minimum Gasteiger partial charge on any atom is -0.354 e. The molecule has 0 saturated carbocycles. The van der Waals surface area contributed by atoms with Gasteiger partial charge in [-0.2, -0.15) is 0 Å². The molecule has 2 amide bonds. The molecule has 4 rings (SSSR count). The Balaban J connectivity index is 1.82. The van der Waals surface area contributed by atoms with Gasteiger partial charge in [0.15, 0.2) is 0 Å². The van der Waals surface area contributed by atoms with Crippen LogP contribution in [0.4, 0.5) is 5.69 Å². The van der Waals surface area contributed by atoms with Gasteiger partial charge in [0.1, 0.15) is 12.6 Å². The van der Waals surface area contributed by atoms with Crippen LogP contribution in [0.3, 0.4) is 0 Å². The molecule has 0 aliphatic heterocycles. The fraction of sp³-hybridized carbons (Fsp3) is 0.257. The molecule has 7 nitrogen and oxygen atoms in total. The maximum absolute atomic E-state index is 14.6. The topological polar surface area (TPSA) is 86.8 Å². The molecule has 236 valence electrons.